The van der Waals surface area contributed by atoms with E-state index in [0.29, 0.717) is 12.0 Å². The monoisotopic (exact) mass is 285 g/mol. The molecule has 1 heterocycles. The second kappa shape index (κ2) is 8.51. The highest BCUT2D eigenvalue weighted by Crippen LogP contribution is 2.23. The molecule has 1 aromatic rings. The van der Waals surface area contributed by atoms with E-state index in [9.17, 15) is 0 Å². The van der Waals surface area contributed by atoms with Crippen molar-refractivity contribution < 1.29 is 4.74 Å². The van der Waals surface area contributed by atoms with Crippen LogP contribution >= 0.6 is 11.3 Å². The van der Waals surface area contributed by atoms with Crippen LogP contribution in [0.4, 0.5) is 5.13 Å². The molecule has 5 heteroatoms. The van der Waals surface area contributed by atoms with Crippen molar-refractivity contribution in [2.24, 2.45) is 5.92 Å². The number of anilines is 1. The Hall–Kier alpha value is -0.650. The quantitative estimate of drug-likeness (QED) is 0.757. The maximum atomic E-state index is 5.18. The molecule has 0 radical (unpaired) electrons. The molecule has 110 valence electrons. The third-order valence-corrected chi connectivity index (χ3v) is 3.71. The summed E-state index contributed by atoms with van der Waals surface area (Å²) in [5.41, 5.74) is 0. The SMILES string of the molecule is COCCN(CC(C)C)c1ncc(CNC(C)C)s1. The number of rotatable bonds is 9. The molecule has 0 aliphatic rings. The number of thiazole rings is 1. The Kier molecular flexibility index (Phi) is 7.34. The van der Waals surface area contributed by atoms with Gasteiger partial charge >= 0.3 is 0 Å². The molecule has 0 saturated carbocycles. The zero-order chi connectivity index (χ0) is 14.3. The summed E-state index contributed by atoms with van der Waals surface area (Å²) >= 11 is 1.77. The molecule has 19 heavy (non-hydrogen) atoms. The first kappa shape index (κ1) is 16.4. The van der Waals surface area contributed by atoms with Crippen molar-refractivity contribution >= 4 is 16.5 Å². The third kappa shape index (κ3) is 6.36. The summed E-state index contributed by atoms with van der Waals surface area (Å²) in [5, 5.41) is 4.53. The van der Waals surface area contributed by atoms with E-state index in [4.69, 9.17) is 4.74 Å². The molecule has 0 bridgehead atoms. The van der Waals surface area contributed by atoms with Crippen molar-refractivity contribution in [2.75, 3.05) is 31.7 Å². The summed E-state index contributed by atoms with van der Waals surface area (Å²) in [5.74, 6) is 0.623. The Morgan fingerprint density at radius 2 is 2.11 bits per heavy atom. The molecule has 0 fully saturated rings. The lowest BCUT2D eigenvalue weighted by atomic mass is 10.2. The molecule has 1 rings (SSSR count). The van der Waals surface area contributed by atoms with Crippen LogP contribution in [0.2, 0.25) is 0 Å². The van der Waals surface area contributed by atoms with Crippen LogP contribution in [0.25, 0.3) is 0 Å². The van der Waals surface area contributed by atoms with Crippen LogP contribution in [0.5, 0.6) is 0 Å². The standard InChI is InChI=1S/C14H27N3OS/c1-11(2)10-17(6-7-18-5)14-16-9-13(19-14)8-15-12(3)4/h9,11-12,15H,6-8,10H2,1-5H3. The topological polar surface area (TPSA) is 37.4 Å². The minimum Gasteiger partial charge on any atom is -0.383 e. The predicted octanol–water partition coefficient (Wildman–Crippen LogP) is 2.75. The largest absolute Gasteiger partial charge is 0.383 e. The fourth-order valence-corrected chi connectivity index (χ4v) is 2.63. The number of methoxy groups -OCH3 is 1. The third-order valence-electron chi connectivity index (χ3n) is 2.65. The summed E-state index contributed by atoms with van der Waals surface area (Å²) in [6, 6.07) is 0.505. The minimum absolute atomic E-state index is 0.505. The molecule has 0 amide bonds. The van der Waals surface area contributed by atoms with Gasteiger partial charge in [0, 0.05) is 43.9 Å². The van der Waals surface area contributed by atoms with Crippen molar-refractivity contribution in [3.63, 3.8) is 0 Å². The van der Waals surface area contributed by atoms with Crippen LogP contribution in [-0.2, 0) is 11.3 Å². The van der Waals surface area contributed by atoms with Crippen molar-refractivity contribution in [3.05, 3.63) is 11.1 Å². The molecule has 1 N–H and O–H groups in total. The summed E-state index contributed by atoms with van der Waals surface area (Å²) in [6.07, 6.45) is 1.98. The van der Waals surface area contributed by atoms with Gasteiger partial charge in [0.15, 0.2) is 5.13 Å². The molecule has 0 saturated heterocycles. The van der Waals surface area contributed by atoms with Gasteiger partial charge in [-0.25, -0.2) is 4.98 Å². The van der Waals surface area contributed by atoms with Gasteiger partial charge < -0.3 is 15.0 Å². The van der Waals surface area contributed by atoms with Crippen LogP contribution in [-0.4, -0.2) is 37.8 Å². The lowest BCUT2D eigenvalue weighted by Crippen LogP contribution is -2.30. The van der Waals surface area contributed by atoms with E-state index in [2.05, 4.69) is 42.9 Å². The Morgan fingerprint density at radius 3 is 2.68 bits per heavy atom. The Balaban J connectivity index is 2.62. The molecule has 0 aromatic carbocycles. The van der Waals surface area contributed by atoms with Crippen LogP contribution < -0.4 is 10.2 Å². The van der Waals surface area contributed by atoms with Gasteiger partial charge in [-0.05, 0) is 5.92 Å². The van der Waals surface area contributed by atoms with Crippen molar-refractivity contribution in [1.82, 2.24) is 10.3 Å². The van der Waals surface area contributed by atoms with Gasteiger partial charge in [-0.1, -0.05) is 27.7 Å². The molecule has 0 unspecified atom stereocenters. The lowest BCUT2D eigenvalue weighted by Gasteiger charge is -2.23. The molecule has 0 aliphatic carbocycles. The number of hydrogen-bond donors (Lipinski definition) is 1. The van der Waals surface area contributed by atoms with Crippen LogP contribution in [0.3, 0.4) is 0 Å². The average molecular weight is 285 g/mol. The van der Waals surface area contributed by atoms with E-state index < -0.39 is 0 Å². The Morgan fingerprint density at radius 1 is 1.37 bits per heavy atom. The van der Waals surface area contributed by atoms with E-state index in [1.54, 1.807) is 18.4 Å². The Bertz CT molecular complexity index is 352. The highest BCUT2D eigenvalue weighted by atomic mass is 32.1. The first-order valence-electron chi connectivity index (χ1n) is 6.95. The van der Waals surface area contributed by atoms with Gasteiger partial charge in [0.25, 0.3) is 0 Å². The molecule has 1 aromatic heterocycles. The van der Waals surface area contributed by atoms with Gasteiger partial charge in [-0.15, -0.1) is 11.3 Å². The summed E-state index contributed by atoms with van der Waals surface area (Å²) in [6.45, 7) is 12.3. The number of aromatic nitrogens is 1. The fraction of sp³-hybridized carbons (Fsp3) is 0.786. The zero-order valence-electron chi connectivity index (χ0n) is 12.8. The Labute approximate surface area is 121 Å². The fourth-order valence-electron chi connectivity index (χ4n) is 1.74. The average Bonchev–Trinajstić information content (AvgIpc) is 2.80. The molecule has 0 atom stereocenters. The van der Waals surface area contributed by atoms with E-state index in [1.165, 1.54) is 4.88 Å². The minimum atomic E-state index is 0.505. The smallest absolute Gasteiger partial charge is 0.185 e. The summed E-state index contributed by atoms with van der Waals surface area (Å²) in [4.78, 5) is 8.15. The highest BCUT2D eigenvalue weighted by Gasteiger charge is 2.12. The maximum Gasteiger partial charge on any atom is 0.185 e. The van der Waals surface area contributed by atoms with Gasteiger partial charge in [0.1, 0.15) is 0 Å². The van der Waals surface area contributed by atoms with E-state index in [1.807, 2.05) is 6.20 Å². The molecule has 0 spiro atoms. The van der Waals surface area contributed by atoms with Crippen LogP contribution in [0.1, 0.15) is 32.6 Å². The van der Waals surface area contributed by atoms with Crippen molar-refractivity contribution in [1.29, 1.82) is 0 Å². The predicted molar refractivity (Wildman–Crippen MR) is 83.0 cm³/mol. The number of nitrogens with zero attached hydrogens (tertiary/aromatic N) is 2. The number of nitrogens with one attached hydrogen (secondary N) is 1. The van der Waals surface area contributed by atoms with Gasteiger partial charge in [-0.2, -0.15) is 0 Å². The first-order valence-corrected chi connectivity index (χ1v) is 7.76. The lowest BCUT2D eigenvalue weighted by molar-refractivity contribution is 0.204. The molecule has 4 nitrogen and oxygen atoms in total. The molecular formula is C14H27N3OS. The van der Waals surface area contributed by atoms with E-state index >= 15 is 0 Å². The zero-order valence-corrected chi connectivity index (χ0v) is 13.6. The van der Waals surface area contributed by atoms with Crippen molar-refractivity contribution in [3.8, 4) is 0 Å². The van der Waals surface area contributed by atoms with E-state index in [0.717, 1.165) is 31.4 Å². The number of hydrogen-bond acceptors (Lipinski definition) is 5. The summed E-state index contributed by atoms with van der Waals surface area (Å²) in [7, 11) is 1.74. The maximum absolute atomic E-state index is 5.18. The normalized spacial score (nSPS) is 11.5. The number of ether oxygens (including phenoxy) is 1. The van der Waals surface area contributed by atoms with Gasteiger partial charge in [0.05, 0.1) is 6.61 Å². The highest BCUT2D eigenvalue weighted by molar-refractivity contribution is 7.15. The van der Waals surface area contributed by atoms with E-state index in [-0.39, 0.29) is 0 Å². The molecule has 0 aliphatic heterocycles. The second-order valence-electron chi connectivity index (χ2n) is 5.48. The molecular weight excluding hydrogens is 258 g/mol. The summed E-state index contributed by atoms with van der Waals surface area (Å²) < 4.78 is 5.18. The van der Waals surface area contributed by atoms with Gasteiger partial charge in [0.2, 0.25) is 0 Å². The van der Waals surface area contributed by atoms with Crippen LogP contribution in [0, 0.1) is 5.92 Å². The first-order chi connectivity index (χ1) is 9.02. The second-order valence-corrected chi connectivity index (χ2v) is 6.57. The van der Waals surface area contributed by atoms with Gasteiger partial charge in [-0.3, -0.25) is 0 Å². The van der Waals surface area contributed by atoms with Crippen molar-refractivity contribution in [2.45, 2.75) is 40.3 Å². The van der Waals surface area contributed by atoms with Crippen LogP contribution in [0.15, 0.2) is 6.20 Å².